The topological polar surface area (TPSA) is 93.7 Å². The Balaban J connectivity index is 1.55. The number of hydrogen-bond donors (Lipinski definition) is 2. The molecule has 0 atom stereocenters. The molecule has 0 aliphatic heterocycles. The molecule has 2 N–H and O–H groups in total. The minimum atomic E-state index is -0.663. The van der Waals surface area contributed by atoms with Crippen LogP contribution in [0.1, 0.15) is 22.8 Å². The fourth-order valence-corrected chi connectivity index (χ4v) is 3.18. The van der Waals surface area contributed by atoms with Crippen molar-refractivity contribution in [2.75, 3.05) is 17.2 Å². The Morgan fingerprint density at radius 2 is 1.47 bits per heavy atom. The number of carbonyl (C=O) groups excluding carboxylic acids is 3. The van der Waals surface area contributed by atoms with E-state index in [0.717, 1.165) is 10.0 Å². The van der Waals surface area contributed by atoms with Crippen LogP contribution in [0.3, 0.4) is 0 Å². The minimum absolute atomic E-state index is 0.186. The third kappa shape index (κ3) is 6.68. The van der Waals surface area contributed by atoms with Crippen molar-refractivity contribution in [3.05, 3.63) is 88.4 Å². The molecule has 0 radical (unpaired) electrons. The summed E-state index contributed by atoms with van der Waals surface area (Å²) in [5.41, 5.74) is 2.28. The minimum Gasteiger partial charge on any atom is -0.488 e. The number of amides is 2. The van der Waals surface area contributed by atoms with Crippen molar-refractivity contribution in [1.29, 1.82) is 0 Å². The summed E-state index contributed by atoms with van der Waals surface area (Å²) in [5, 5.41) is 5.27. The van der Waals surface area contributed by atoms with Gasteiger partial charge in [-0.15, -0.1) is 0 Å². The molecule has 8 heteroatoms. The zero-order chi connectivity index (χ0) is 22.9. The number of anilines is 2. The zero-order valence-electron chi connectivity index (χ0n) is 17.3. The second-order valence-electron chi connectivity index (χ2n) is 6.76. The Hall–Kier alpha value is -3.65. The lowest BCUT2D eigenvalue weighted by Gasteiger charge is -2.12. The molecule has 3 aromatic rings. The highest BCUT2D eigenvalue weighted by molar-refractivity contribution is 9.10. The van der Waals surface area contributed by atoms with E-state index in [4.69, 9.17) is 9.47 Å². The molecule has 0 bridgehead atoms. The predicted molar refractivity (Wildman–Crippen MR) is 125 cm³/mol. The van der Waals surface area contributed by atoms with Crippen LogP contribution in [0.2, 0.25) is 0 Å². The van der Waals surface area contributed by atoms with Gasteiger partial charge in [-0.05, 0) is 42.5 Å². The van der Waals surface area contributed by atoms with E-state index in [1.165, 1.54) is 6.92 Å². The number of esters is 1. The Morgan fingerprint density at radius 1 is 0.844 bits per heavy atom. The second-order valence-corrected chi connectivity index (χ2v) is 7.61. The third-order valence-electron chi connectivity index (χ3n) is 4.27. The van der Waals surface area contributed by atoms with E-state index in [9.17, 15) is 14.4 Å². The largest absolute Gasteiger partial charge is 0.488 e. The lowest BCUT2D eigenvalue weighted by molar-refractivity contribution is -0.119. The normalized spacial score (nSPS) is 10.2. The average Bonchev–Trinajstić information content (AvgIpc) is 2.78. The summed E-state index contributed by atoms with van der Waals surface area (Å²) in [5.74, 6) is -0.974. The van der Waals surface area contributed by atoms with E-state index >= 15 is 0 Å². The molecule has 3 rings (SSSR count). The first kappa shape index (κ1) is 23.0. The van der Waals surface area contributed by atoms with Crippen molar-refractivity contribution < 1.29 is 23.9 Å². The van der Waals surface area contributed by atoms with Crippen molar-refractivity contribution in [3.63, 3.8) is 0 Å². The van der Waals surface area contributed by atoms with E-state index in [0.29, 0.717) is 17.1 Å². The molecule has 0 heterocycles. The van der Waals surface area contributed by atoms with Crippen LogP contribution in [0, 0.1) is 0 Å². The molecule has 0 saturated carbocycles. The van der Waals surface area contributed by atoms with Crippen molar-refractivity contribution in [2.45, 2.75) is 13.5 Å². The van der Waals surface area contributed by atoms with E-state index in [1.807, 2.05) is 24.3 Å². The number of benzene rings is 3. The van der Waals surface area contributed by atoms with Crippen LogP contribution >= 0.6 is 15.9 Å². The van der Waals surface area contributed by atoms with Gasteiger partial charge in [0.2, 0.25) is 5.91 Å². The van der Waals surface area contributed by atoms with Gasteiger partial charge >= 0.3 is 5.97 Å². The van der Waals surface area contributed by atoms with Crippen LogP contribution in [-0.4, -0.2) is 24.4 Å². The van der Waals surface area contributed by atoms with Gasteiger partial charge < -0.3 is 20.1 Å². The number of rotatable bonds is 8. The van der Waals surface area contributed by atoms with Gasteiger partial charge in [-0.3, -0.25) is 9.59 Å². The van der Waals surface area contributed by atoms with Crippen LogP contribution < -0.4 is 15.4 Å². The predicted octanol–water partition coefficient (Wildman–Crippen LogP) is 4.78. The first-order chi connectivity index (χ1) is 15.4. The molecular formula is C24H21BrN2O5. The number of para-hydroxylation sites is 1. The molecule has 0 unspecified atom stereocenters. The van der Waals surface area contributed by atoms with Crippen LogP contribution in [0.25, 0.3) is 0 Å². The number of nitrogens with one attached hydrogen (secondary N) is 2. The van der Waals surface area contributed by atoms with Crippen molar-refractivity contribution in [2.24, 2.45) is 0 Å². The van der Waals surface area contributed by atoms with Crippen LogP contribution in [0.15, 0.2) is 77.3 Å². The standard InChI is InChI=1S/C24H21BrN2O5/c1-16(28)26-18-10-12-19(13-11-18)27-23(29)15-32-24(30)20-7-3-5-9-22(20)31-14-17-6-2-4-8-21(17)25/h2-13H,14-15H2,1H3,(H,26,28)(H,27,29). The summed E-state index contributed by atoms with van der Waals surface area (Å²) in [6.45, 7) is 1.22. The van der Waals surface area contributed by atoms with E-state index in [1.54, 1.807) is 48.5 Å². The lowest BCUT2D eigenvalue weighted by Crippen LogP contribution is -2.21. The number of carbonyl (C=O) groups is 3. The maximum Gasteiger partial charge on any atom is 0.342 e. The molecule has 0 aromatic heterocycles. The average molecular weight is 497 g/mol. The molecule has 0 fully saturated rings. The van der Waals surface area contributed by atoms with Gasteiger partial charge in [-0.1, -0.05) is 46.3 Å². The Morgan fingerprint density at radius 3 is 2.16 bits per heavy atom. The number of ether oxygens (including phenoxy) is 2. The molecule has 3 aromatic carbocycles. The SMILES string of the molecule is CC(=O)Nc1ccc(NC(=O)COC(=O)c2ccccc2OCc2ccccc2Br)cc1. The third-order valence-corrected chi connectivity index (χ3v) is 5.04. The van der Waals surface area contributed by atoms with Gasteiger partial charge in [-0.2, -0.15) is 0 Å². The summed E-state index contributed by atoms with van der Waals surface area (Å²) in [6, 6.07) is 20.9. The highest BCUT2D eigenvalue weighted by Gasteiger charge is 2.16. The quantitative estimate of drug-likeness (QED) is 0.437. The summed E-state index contributed by atoms with van der Waals surface area (Å²) >= 11 is 3.46. The van der Waals surface area contributed by atoms with Gasteiger partial charge in [0.25, 0.3) is 5.91 Å². The molecule has 0 saturated heterocycles. The van der Waals surface area contributed by atoms with Gasteiger partial charge in [-0.25, -0.2) is 4.79 Å². The molecule has 7 nitrogen and oxygen atoms in total. The van der Waals surface area contributed by atoms with Crippen LogP contribution in [0.4, 0.5) is 11.4 Å². The molecule has 164 valence electrons. The molecule has 0 aliphatic rings. The van der Waals surface area contributed by atoms with Crippen molar-refractivity contribution >= 4 is 45.1 Å². The van der Waals surface area contributed by atoms with E-state index in [2.05, 4.69) is 26.6 Å². The summed E-state index contributed by atoms with van der Waals surface area (Å²) in [7, 11) is 0. The smallest absolute Gasteiger partial charge is 0.342 e. The van der Waals surface area contributed by atoms with Gasteiger partial charge in [0.15, 0.2) is 6.61 Å². The van der Waals surface area contributed by atoms with Gasteiger partial charge in [0.1, 0.15) is 17.9 Å². The second kappa shape index (κ2) is 11.1. The van der Waals surface area contributed by atoms with Gasteiger partial charge in [0.05, 0.1) is 0 Å². The first-order valence-electron chi connectivity index (χ1n) is 9.72. The highest BCUT2D eigenvalue weighted by atomic mass is 79.9. The summed E-state index contributed by atoms with van der Waals surface area (Å²) in [4.78, 5) is 35.7. The molecule has 32 heavy (non-hydrogen) atoms. The maximum absolute atomic E-state index is 12.5. The summed E-state index contributed by atoms with van der Waals surface area (Å²) in [6.07, 6.45) is 0. The maximum atomic E-state index is 12.5. The fraction of sp³-hybridized carbons (Fsp3) is 0.125. The first-order valence-corrected chi connectivity index (χ1v) is 10.5. The molecular weight excluding hydrogens is 476 g/mol. The Kier molecular flexibility index (Phi) is 7.99. The van der Waals surface area contributed by atoms with Crippen LogP contribution in [0.5, 0.6) is 5.75 Å². The zero-order valence-corrected chi connectivity index (χ0v) is 18.8. The molecule has 2 amide bonds. The van der Waals surface area contributed by atoms with Crippen molar-refractivity contribution in [1.82, 2.24) is 0 Å². The Bertz CT molecular complexity index is 1120. The van der Waals surface area contributed by atoms with Crippen molar-refractivity contribution in [3.8, 4) is 5.75 Å². The Labute approximate surface area is 193 Å². The number of halogens is 1. The van der Waals surface area contributed by atoms with E-state index in [-0.39, 0.29) is 18.1 Å². The monoisotopic (exact) mass is 496 g/mol. The van der Waals surface area contributed by atoms with Crippen LogP contribution in [-0.2, 0) is 20.9 Å². The molecule has 0 aliphatic carbocycles. The highest BCUT2D eigenvalue weighted by Crippen LogP contribution is 2.23. The van der Waals surface area contributed by atoms with E-state index < -0.39 is 18.5 Å². The van der Waals surface area contributed by atoms with Gasteiger partial charge in [0, 0.05) is 28.3 Å². The lowest BCUT2D eigenvalue weighted by atomic mass is 10.2. The molecule has 0 spiro atoms. The fourth-order valence-electron chi connectivity index (χ4n) is 2.78. The number of hydrogen-bond acceptors (Lipinski definition) is 5. The summed E-state index contributed by atoms with van der Waals surface area (Å²) < 4.78 is 11.9.